The van der Waals surface area contributed by atoms with Crippen molar-refractivity contribution in [3.63, 3.8) is 0 Å². The predicted octanol–water partition coefficient (Wildman–Crippen LogP) is 3.30. The molecule has 1 aliphatic heterocycles. The SMILES string of the molecule is Cc1ccc(S(=O)(=O)N2CCCC[C@@H]2CCNC(=O)C(=O)Nc2ccc(C)cc2C)cc1. The quantitative estimate of drug-likeness (QED) is 0.651. The smallest absolute Gasteiger partial charge is 0.313 e. The number of sulfonamides is 1. The zero-order valence-electron chi connectivity index (χ0n) is 18.8. The van der Waals surface area contributed by atoms with E-state index in [1.165, 1.54) is 0 Å². The van der Waals surface area contributed by atoms with Crippen LogP contribution in [-0.4, -0.2) is 43.7 Å². The second-order valence-electron chi connectivity index (χ2n) is 8.40. The van der Waals surface area contributed by atoms with Crippen LogP contribution in [0.15, 0.2) is 47.4 Å². The summed E-state index contributed by atoms with van der Waals surface area (Å²) in [5.41, 5.74) is 3.55. The van der Waals surface area contributed by atoms with Crippen molar-refractivity contribution in [3.05, 3.63) is 59.2 Å². The highest BCUT2D eigenvalue weighted by Crippen LogP contribution is 2.27. The van der Waals surface area contributed by atoms with E-state index in [4.69, 9.17) is 0 Å². The Bertz CT molecular complexity index is 1080. The number of aryl methyl sites for hydroxylation is 3. The van der Waals surface area contributed by atoms with Gasteiger partial charge in [0.2, 0.25) is 10.0 Å². The predicted molar refractivity (Wildman–Crippen MR) is 125 cm³/mol. The second-order valence-corrected chi connectivity index (χ2v) is 10.3. The van der Waals surface area contributed by atoms with Crippen LogP contribution < -0.4 is 10.6 Å². The van der Waals surface area contributed by atoms with E-state index in [9.17, 15) is 18.0 Å². The van der Waals surface area contributed by atoms with Crippen LogP contribution in [0, 0.1) is 20.8 Å². The lowest BCUT2D eigenvalue weighted by Gasteiger charge is -2.34. The van der Waals surface area contributed by atoms with Gasteiger partial charge in [-0.15, -0.1) is 0 Å². The lowest BCUT2D eigenvalue weighted by atomic mass is 10.0. The molecule has 2 N–H and O–H groups in total. The lowest BCUT2D eigenvalue weighted by Crippen LogP contribution is -2.45. The summed E-state index contributed by atoms with van der Waals surface area (Å²) in [7, 11) is -3.60. The van der Waals surface area contributed by atoms with Gasteiger partial charge in [-0.05, 0) is 63.8 Å². The topological polar surface area (TPSA) is 95.6 Å². The largest absolute Gasteiger partial charge is 0.348 e. The Morgan fingerprint density at radius 1 is 0.969 bits per heavy atom. The summed E-state index contributed by atoms with van der Waals surface area (Å²) in [5.74, 6) is -1.46. The molecular formula is C24H31N3O4S. The number of benzene rings is 2. The zero-order chi connectivity index (χ0) is 23.3. The van der Waals surface area contributed by atoms with E-state index in [2.05, 4.69) is 10.6 Å². The summed E-state index contributed by atoms with van der Waals surface area (Å²) in [4.78, 5) is 24.8. The van der Waals surface area contributed by atoms with E-state index >= 15 is 0 Å². The molecule has 2 amide bonds. The summed E-state index contributed by atoms with van der Waals surface area (Å²) in [6.45, 7) is 6.43. The molecular weight excluding hydrogens is 426 g/mol. The monoisotopic (exact) mass is 457 g/mol. The minimum atomic E-state index is -3.60. The van der Waals surface area contributed by atoms with Gasteiger partial charge in [0, 0.05) is 24.8 Å². The van der Waals surface area contributed by atoms with E-state index in [1.807, 2.05) is 32.9 Å². The third-order valence-electron chi connectivity index (χ3n) is 5.80. The third kappa shape index (κ3) is 5.75. The molecule has 7 nitrogen and oxygen atoms in total. The van der Waals surface area contributed by atoms with Gasteiger partial charge in [0.15, 0.2) is 0 Å². The van der Waals surface area contributed by atoms with Gasteiger partial charge in [0.1, 0.15) is 0 Å². The number of carbonyl (C=O) groups excluding carboxylic acids is 2. The van der Waals surface area contributed by atoms with E-state index in [1.54, 1.807) is 34.6 Å². The molecule has 1 saturated heterocycles. The molecule has 0 unspecified atom stereocenters. The second kappa shape index (κ2) is 10.3. The molecule has 172 valence electrons. The molecule has 32 heavy (non-hydrogen) atoms. The Morgan fingerprint density at radius 3 is 2.34 bits per heavy atom. The molecule has 1 heterocycles. The number of hydrogen-bond acceptors (Lipinski definition) is 4. The molecule has 3 rings (SSSR count). The molecule has 1 atom stereocenters. The number of nitrogens with zero attached hydrogens (tertiary/aromatic N) is 1. The van der Waals surface area contributed by atoms with Gasteiger partial charge in [-0.1, -0.05) is 41.8 Å². The summed E-state index contributed by atoms with van der Waals surface area (Å²) in [6.07, 6.45) is 2.93. The third-order valence-corrected chi connectivity index (χ3v) is 7.77. The molecule has 8 heteroatoms. The highest BCUT2D eigenvalue weighted by Gasteiger charge is 2.33. The molecule has 1 aliphatic rings. The van der Waals surface area contributed by atoms with E-state index in [-0.39, 0.29) is 17.5 Å². The van der Waals surface area contributed by atoms with Crippen LogP contribution in [0.4, 0.5) is 5.69 Å². The van der Waals surface area contributed by atoms with Crippen LogP contribution in [0.3, 0.4) is 0 Å². The van der Waals surface area contributed by atoms with E-state index in [0.29, 0.717) is 18.7 Å². The van der Waals surface area contributed by atoms with Crippen LogP contribution in [0.2, 0.25) is 0 Å². The molecule has 2 aromatic carbocycles. The average Bonchev–Trinajstić information content (AvgIpc) is 2.76. The number of nitrogens with one attached hydrogen (secondary N) is 2. The number of rotatable bonds is 6. The first-order valence-electron chi connectivity index (χ1n) is 10.9. The van der Waals surface area contributed by atoms with Crippen LogP contribution in [0.5, 0.6) is 0 Å². The minimum absolute atomic E-state index is 0.210. The van der Waals surface area contributed by atoms with Crippen molar-refractivity contribution >= 4 is 27.5 Å². The van der Waals surface area contributed by atoms with Gasteiger partial charge in [0.05, 0.1) is 4.90 Å². The van der Waals surface area contributed by atoms with Gasteiger partial charge in [-0.25, -0.2) is 8.42 Å². The fourth-order valence-corrected chi connectivity index (χ4v) is 5.71. The number of hydrogen-bond donors (Lipinski definition) is 2. The molecule has 0 saturated carbocycles. The van der Waals surface area contributed by atoms with E-state index in [0.717, 1.165) is 36.0 Å². The molecule has 0 radical (unpaired) electrons. The summed E-state index contributed by atoms with van der Waals surface area (Å²) < 4.78 is 27.8. The molecule has 2 aromatic rings. The average molecular weight is 458 g/mol. The van der Waals surface area contributed by atoms with Gasteiger partial charge in [0.25, 0.3) is 0 Å². The van der Waals surface area contributed by atoms with Crippen LogP contribution in [0.1, 0.15) is 42.4 Å². The first-order chi connectivity index (χ1) is 15.2. The Balaban J connectivity index is 1.58. The fraction of sp³-hybridized carbons (Fsp3) is 0.417. The maximum Gasteiger partial charge on any atom is 0.313 e. The Hall–Kier alpha value is -2.71. The molecule has 0 spiro atoms. The number of anilines is 1. The molecule has 0 aromatic heterocycles. The van der Waals surface area contributed by atoms with Gasteiger partial charge >= 0.3 is 11.8 Å². The normalized spacial score (nSPS) is 17.0. The van der Waals surface area contributed by atoms with Crippen molar-refractivity contribution < 1.29 is 18.0 Å². The van der Waals surface area contributed by atoms with Crippen molar-refractivity contribution in [1.29, 1.82) is 0 Å². The fourth-order valence-electron chi connectivity index (χ4n) is 3.99. The first kappa shape index (κ1) is 23.9. The first-order valence-corrected chi connectivity index (χ1v) is 12.4. The van der Waals surface area contributed by atoms with Crippen LogP contribution >= 0.6 is 0 Å². The Kier molecular flexibility index (Phi) is 7.69. The van der Waals surface area contributed by atoms with Crippen molar-refractivity contribution in [2.45, 2.75) is 57.4 Å². The Morgan fingerprint density at radius 2 is 1.66 bits per heavy atom. The summed E-state index contributed by atoms with van der Waals surface area (Å²) in [5, 5.41) is 5.26. The zero-order valence-corrected chi connectivity index (χ0v) is 19.7. The highest BCUT2D eigenvalue weighted by molar-refractivity contribution is 7.89. The number of carbonyl (C=O) groups is 2. The van der Waals surface area contributed by atoms with E-state index < -0.39 is 21.8 Å². The van der Waals surface area contributed by atoms with Crippen molar-refractivity contribution in [2.24, 2.45) is 0 Å². The summed E-state index contributed by atoms with van der Waals surface area (Å²) in [6, 6.07) is 12.2. The highest BCUT2D eigenvalue weighted by atomic mass is 32.2. The molecule has 1 fully saturated rings. The van der Waals surface area contributed by atoms with Crippen molar-refractivity contribution in [3.8, 4) is 0 Å². The number of amides is 2. The number of piperidine rings is 1. The van der Waals surface area contributed by atoms with Gasteiger partial charge in [-0.2, -0.15) is 4.31 Å². The minimum Gasteiger partial charge on any atom is -0.348 e. The van der Waals surface area contributed by atoms with Gasteiger partial charge in [-0.3, -0.25) is 9.59 Å². The van der Waals surface area contributed by atoms with Crippen LogP contribution in [0.25, 0.3) is 0 Å². The Labute approximate surface area is 190 Å². The van der Waals surface area contributed by atoms with Crippen molar-refractivity contribution in [1.82, 2.24) is 9.62 Å². The molecule has 0 aliphatic carbocycles. The van der Waals surface area contributed by atoms with Gasteiger partial charge < -0.3 is 10.6 Å². The standard InChI is InChI=1S/C24H31N3O4S/c1-17-7-10-21(11-8-17)32(30,31)27-15-5-4-6-20(27)13-14-25-23(28)24(29)26-22-12-9-18(2)16-19(22)3/h7-12,16,20H,4-6,13-15H2,1-3H3,(H,25,28)(H,26,29)/t20-/m1/s1. The van der Waals surface area contributed by atoms with Crippen molar-refractivity contribution in [2.75, 3.05) is 18.4 Å². The van der Waals surface area contributed by atoms with Crippen LogP contribution in [-0.2, 0) is 19.6 Å². The molecule has 0 bridgehead atoms. The maximum atomic E-state index is 13.1. The maximum absolute atomic E-state index is 13.1. The summed E-state index contributed by atoms with van der Waals surface area (Å²) >= 11 is 0. The lowest BCUT2D eigenvalue weighted by molar-refractivity contribution is -0.136.